The summed E-state index contributed by atoms with van der Waals surface area (Å²) >= 11 is 5.70. The summed E-state index contributed by atoms with van der Waals surface area (Å²) in [4.78, 5) is 10.4. The van der Waals surface area contributed by atoms with Crippen LogP contribution in [0.1, 0.15) is 6.92 Å². The normalized spacial score (nSPS) is 14.3. The van der Waals surface area contributed by atoms with Crippen molar-refractivity contribution in [3.8, 4) is 0 Å². The van der Waals surface area contributed by atoms with Gasteiger partial charge in [-0.3, -0.25) is 4.79 Å². The van der Waals surface area contributed by atoms with Crippen molar-refractivity contribution >= 4 is 17.6 Å². The number of alkyl halides is 1. The average Bonchev–Trinajstić information content (AvgIpc) is 1.53. The van der Waals surface area contributed by atoms with Gasteiger partial charge < -0.3 is 9.22 Å². The summed E-state index contributed by atoms with van der Waals surface area (Å²) in [7, 11) is 5.95. The van der Waals surface area contributed by atoms with Crippen LogP contribution in [0.3, 0.4) is 0 Å². The lowest BCUT2D eigenvalue weighted by atomic mass is 10.5. The maximum atomic E-state index is 10.4. The van der Waals surface area contributed by atoms with E-state index in [-0.39, 0.29) is 5.97 Å². The summed E-state index contributed by atoms with van der Waals surface area (Å²) in [5.74, 6) is -0.335. The molecule has 0 heterocycles. The highest BCUT2D eigenvalue weighted by Crippen LogP contribution is 2.03. The Morgan fingerprint density at radius 1 is 1.55 bits per heavy atom. The second kappa shape index (κ2) is 3.93. The van der Waals surface area contributed by atoms with Gasteiger partial charge in [-0.05, 0) is 0 Å². The zero-order valence-electron chi connectivity index (χ0n) is 7.43. The minimum atomic E-state index is -0.521. The third-order valence-electron chi connectivity index (χ3n) is 0.985. The number of quaternary nitrogens is 1. The molecule has 0 saturated carbocycles. The zero-order valence-corrected chi connectivity index (χ0v) is 8.18. The van der Waals surface area contributed by atoms with E-state index in [1.54, 1.807) is 0 Å². The number of rotatable bonds is 3. The van der Waals surface area contributed by atoms with E-state index in [1.165, 1.54) is 6.92 Å². The molecule has 0 aliphatic carbocycles. The summed E-state index contributed by atoms with van der Waals surface area (Å²) in [6, 6.07) is 0. The van der Waals surface area contributed by atoms with E-state index in [9.17, 15) is 4.79 Å². The van der Waals surface area contributed by atoms with E-state index in [1.807, 2.05) is 21.1 Å². The molecule has 1 unspecified atom stereocenters. The minimum Gasteiger partial charge on any atom is -0.440 e. The Morgan fingerprint density at radius 2 is 2.00 bits per heavy atom. The van der Waals surface area contributed by atoms with Gasteiger partial charge >= 0.3 is 5.97 Å². The van der Waals surface area contributed by atoms with E-state index in [0.717, 1.165) is 0 Å². The molecule has 0 aliphatic heterocycles. The lowest BCUT2D eigenvalue weighted by Gasteiger charge is -2.25. The Balaban J connectivity index is 3.69. The molecular formula is C7H15ClNO2+. The van der Waals surface area contributed by atoms with Gasteiger partial charge in [-0.15, -0.1) is 0 Å². The number of carbonyl (C=O) groups excluding carboxylic acids is 1. The number of halogens is 1. The first-order valence-electron chi connectivity index (χ1n) is 3.43. The Morgan fingerprint density at radius 3 is 2.27 bits per heavy atom. The van der Waals surface area contributed by atoms with Gasteiger partial charge in [0.05, 0.1) is 21.1 Å². The minimum absolute atomic E-state index is 0.335. The van der Waals surface area contributed by atoms with E-state index in [2.05, 4.69) is 0 Å². The van der Waals surface area contributed by atoms with Crippen LogP contribution in [0.25, 0.3) is 0 Å². The predicted molar refractivity (Wildman–Crippen MR) is 44.3 cm³/mol. The molecule has 0 radical (unpaired) electrons. The van der Waals surface area contributed by atoms with Gasteiger partial charge in [0.2, 0.25) is 5.56 Å². The van der Waals surface area contributed by atoms with Gasteiger partial charge in [-0.25, -0.2) is 0 Å². The van der Waals surface area contributed by atoms with Crippen LogP contribution in [-0.4, -0.2) is 43.7 Å². The van der Waals surface area contributed by atoms with Crippen LogP contribution in [0.5, 0.6) is 0 Å². The van der Waals surface area contributed by atoms with Crippen LogP contribution in [0, 0.1) is 0 Å². The molecule has 4 heteroatoms. The Bertz CT molecular complexity index is 142. The Hall–Kier alpha value is -0.280. The summed E-state index contributed by atoms with van der Waals surface area (Å²) < 4.78 is 5.42. The van der Waals surface area contributed by atoms with Crippen molar-refractivity contribution in [2.45, 2.75) is 12.5 Å². The number of carbonyl (C=O) groups is 1. The van der Waals surface area contributed by atoms with Crippen molar-refractivity contribution in [2.24, 2.45) is 0 Å². The van der Waals surface area contributed by atoms with Crippen molar-refractivity contribution in [1.82, 2.24) is 0 Å². The molecule has 0 N–H and O–H groups in total. The number of esters is 1. The van der Waals surface area contributed by atoms with Crippen molar-refractivity contribution in [3.05, 3.63) is 0 Å². The number of hydrogen-bond acceptors (Lipinski definition) is 2. The largest absolute Gasteiger partial charge is 0.440 e. The van der Waals surface area contributed by atoms with Gasteiger partial charge in [0.1, 0.15) is 6.54 Å². The van der Waals surface area contributed by atoms with Gasteiger partial charge in [0, 0.05) is 6.92 Å². The number of nitrogens with zero attached hydrogens (tertiary/aromatic N) is 1. The maximum Gasteiger partial charge on any atom is 0.304 e. The SMILES string of the molecule is CC(=O)OC(Cl)C[N+](C)(C)C. The van der Waals surface area contributed by atoms with E-state index in [4.69, 9.17) is 16.3 Å². The molecule has 0 aromatic carbocycles. The van der Waals surface area contributed by atoms with Gasteiger partial charge in [-0.2, -0.15) is 0 Å². The van der Waals surface area contributed by atoms with Crippen molar-refractivity contribution < 1.29 is 14.0 Å². The van der Waals surface area contributed by atoms with Gasteiger partial charge in [-0.1, -0.05) is 11.6 Å². The fraction of sp³-hybridized carbons (Fsp3) is 0.857. The van der Waals surface area contributed by atoms with Crippen LogP contribution in [-0.2, 0) is 9.53 Å². The second-order valence-corrected chi connectivity index (χ2v) is 3.98. The molecule has 0 aromatic heterocycles. The summed E-state index contributed by atoms with van der Waals surface area (Å²) in [6.07, 6.45) is 0. The molecule has 0 fully saturated rings. The van der Waals surface area contributed by atoms with Crippen LogP contribution in [0.15, 0.2) is 0 Å². The lowest BCUT2D eigenvalue weighted by Crippen LogP contribution is -2.40. The Labute approximate surface area is 72.5 Å². The summed E-state index contributed by atoms with van der Waals surface area (Å²) in [6.45, 7) is 1.96. The molecule has 0 aromatic rings. The van der Waals surface area contributed by atoms with Gasteiger partial charge in [0.15, 0.2) is 0 Å². The quantitative estimate of drug-likeness (QED) is 0.365. The molecular weight excluding hydrogens is 166 g/mol. The number of likely N-dealkylation sites (N-methyl/N-ethyl adjacent to an activating group) is 1. The van der Waals surface area contributed by atoms with Crippen LogP contribution in [0.4, 0.5) is 0 Å². The first kappa shape index (κ1) is 10.7. The fourth-order valence-electron chi connectivity index (χ4n) is 0.648. The molecule has 1 atom stereocenters. The van der Waals surface area contributed by atoms with Crippen LogP contribution in [0.2, 0.25) is 0 Å². The van der Waals surface area contributed by atoms with Crippen molar-refractivity contribution in [1.29, 1.82) is 0 Å². The van der Waals surface area contributed by atoms with Crippen molar-refractivity contribution in [3.63, 3.8) is 0 Å². The molecule has 0 amide bonds. The van der Waals surface area contributed by atoms with Gasteiger partial charge in [0.25, 0.3) is 0 Å². The third-order valence-corrected chi connectivity index (χ3v) is 1.21. The lowest BCUT2D eigenvalue weighted by molar-refractivity contribution is -0.871. The molecule has 11 heavy (non-hydrogen) atoms. The molecule has 0 saturated heterocycles. The smallest absolute Gasteiger partial charge is 0.304 e. The fourth-order valence-corrected chi connectivity index (χ4v) is 1.19. The third kappa shape index (κ3) is 7.62. The molecule has 0 aliphatic rings. The molecule has 3 nitrogen and oxygen atoms in total. The first-order valence-corrected chi connectivity index (χ1v) is 3.86. The van der Waals surface area contributed by atoms with Crippen molar-refractivity contribution in [2.75, 3.05) is 27.7 Å². The summed E-state index contributed by atoms with van der Waals surface area (Å²) in [5, 5.41) is 0. The van der Waals surface area contributed by atoms with Crippen LogP contribution < -0.4 is 0 Å². The highest BCUT2D eigenvalue weighted by Gasteiger charge is 2.17. The van der Waals surface area contributed by atoms with E-state index >= 15 is 0 Å². The topological polar surface area (TPSA) is 26.3 Å². The van der Waals surface area contributed by atoms with E-state index < -0.39 is 5.56 Å². The zero-order chi connectivity index (χ0) is 9.07. The Kier molecular flexibility index (Phi) is 3.83. The maximum absolute atomic E-state index is 10.4. The van der Waals surface area contributed by atoms with Crippen LogP contribution >= 0.6 is 11.6 Å². The monoisotopic (exact) mass is 180 g/mol. The first-order chi connectivity index (χ1) is 4.81. The standard InChI is InChI=1S/C7H15ClNO2/c1-6(10)11-7(8)5-9(2,3)4/h7H,5H2,1-4H3/q+1. The second-order valence-electron chi connectivity index (χ2n) is 3.49. The highest BCUT2D eigenvalue weighted by molar-refractivity contribution is 6.20. The van der Waals surface area contributed by atoms with E-state index in [0.29, 0.717) is 11.0 Å². The highest BCUT2D eigenvalue weighted by atomic mass is 35.5. The predicted octanol–water partition coefficient (Wildman–Crippen LogP) is 0.821. The number of hydrogen-bond donors (Lipinski definition) is 0. The number of ether oxygens (including phenoxy) is 1. The summed E-state index contributed by atoms with van der Waals surface area (Å²) in [5.41, 5.74) is -0.521. The molecule has 0 spiro atoms. The molecule has 0 bridgehead atoms. The molecule has 0 rings (SSSR count). The average molecular weight is 181 g/mol. The molecule has 66 valence electrons.